The van der Waals surface area contributed by atoms with Gasteiger partial charge in [-0.15, -0.1) is 0 Å². The van der Waals surface area contributed by atoms with Gasteiger partial charge >= 0.3 is 0 Å². The van der Waals surface area contributed by atoms with Gasteiger partial charge in [-0.25, -0.2) is 0 Å². The molecule has 0 bridgehead atoms. The van der Waals surface area contributed by atoms with Crippen LogP contribution in [0.15, 0.2) is 78.9 Å². The maximum atomic E-state index is 9.19. The molecule has 0 aromatic heterocycles. The van der Waals surface area contributed by atoms with Crippen LogP contribution < -0.4 is 4.74 Å². The lowest BCUT2D eigenvalue weighted by molar-refractivity contribution is 0.415. The zero-order chi connectivity index (χ0) is 18.3. The molecular weight excluding hydrogens is 368 g/mol. The topological polar surface area (TPSA) is 63.6 Å². The highest BCUT2D eigenvalue weighted by Crippen LogP contribution is 2.26. The monoisotopic (exact) mass is 390 g/mol. The van der Waals surface area contributed by atoms with Crippen LogP contribution in [0, 0.1) is 0 Å². The summed E-state index contributed by atoms with van der Waals surface area (Å²) >= 11 is 0. The van der Waals surface area contributed by atoms with Gasteiger partial charge in [0.25, 0.3) is 10.1 Å². The average molecular weight is 391 g/mol. The molecule has 26 heavy (non-hydrogen) atoms. The van der Waals surface area contributed by atoms with Crippen molar-refractivity contribution in [2.75, 3.05) is 13.4 Å². The van der Waals surface area contributed by atoms with Crippen LogP contribution in [0.1, 0.15) is 0 Å². The second-order valence-corrected chi connectivity index (χ2v) is 6.87. The highest BCUT2D eigenvalue weighted by atomic mass is 32.2. The lowest BCUT2D eigenvalue weighted by Gasteiger charge is -2.06. The molecule has 4 nitrogen and oxygen atoms in total. The third kappa shape index (κ3) is 7.31. The molecule has 3 aromatic carbocycles. The van der Waals surface area contributed by atoms with Gasteiger partial charge in [-0.3, -0.25) is 4.55 Å². The van der Waals surface area contributed by atoms with Crippen molar-refractivity contribution in [3.8, 4) is 28.0 Å². The Bertz CT molecular complexity index is 881. The summed E-state index contributed by atoms with van der Waals surface area (Å²) in [5.41, 5.74) is 4.90. The van der Waals surface area contributed by atoms with Crippen LogP contribution >= 0.6 is 13.5 Å². The van der Waals surface area contributed by atoms with E-state index in [1.165, 1.54) is 22.3 Å². The van der Waals surface area contributed by atoms with Crippen LogP contribution in [-0.4, -0.2) is 26.3 Å². The number of ether oxygens (including phenoxy) is 1. The van der Waals surface area contributed by atoms with E-state index in [1.54, 1.807) is 7.11 Å². The van der Waals surface area contributed by atoms with E-state index in [0.717, 1.165) is 5.75 Å². The summed E-state index contributed by atoms with van der Waals surface area (Å²) in [4.78, 5) is 0. The molecule has 0 fully saturated rings. The first-order valence-corrected chi connectivity index (χ1v) is 9.44. The van der Waals surface area contributed by atoms with E-state index in [9.17, 15) is 8.42 Å². The molecule has 0 aliphatic carbocycles. The van der Waals surface area contributed by atoms with Gasteiger partial charge in [-0.05, 0) is 34.4 Å². The van der Waals surface area contributed by atoms with Crippen LogP contribution in [0.2, 0.25) is 0 Å². The quantitative estimate of drug-likeness (QED) is 0.662. The molecule has 0 unspecified atom stereocenters. The lowest BCUT2D eigenvalue weighted by atomic mass is 10.0. The summed E-state index contributed by atoms with van der Waals surface area (Å²) in [5, 5.41) is 0. The van der Waals surface area contributed by atoms with Gasteiger partial charge in [-0.2, -0.15) is 21.9 Å². The van der Waals surface area contributed by atoms with Gasteiger partial charge in [0, 0.05) is 0 Å². The molecule has 0 saturated heterocycles. The van der Waals surface area contributed by atoms with Crippen molar-refractivity contribution in [3.63, 3.8) is 0 Å². The lowest BCUT2D eigenvalue weighted by Crippen LogP contribution is -1.88. The predicted octanol–water partition coefficient (Wildman–Crippen LogP) is 4.65. The molecule has 0 heterocycles. The Hall–Kier alpha value is -2.28. The van der Waals surface area contributed by atoms with Gasteiger partial charge in [0.1, 0.15) is 5.75 Å². The SMILES string of the molecule is COc1ccc(-c2ccc(-c3ccccc3)cc2)cc1.CS(=O)(=O)O.S. The van der Waals surface area contributed by atoms with E-state index < -0.39 is 10.1 Å². The number of methoxy groups -OCH3 is 1. The zero-order valence-corrected chi connectivity index (χ0v) is 16.4. The molecule has 3 rings (SSSR count). The van der Waals surface area contributed by atoms with Crippen molar-refractivity contribution < 1.29 is 17.7 Å². The molecule has 138 valence electrons. The van der Waals surface area contributed by atoms with Crippen LogP contribution in [-0.2, 0) is 10.1 Å². The standard InChI is InChI=1S/C19H16O.CH4O3S.H2S/c1-20-19-13-11-18(12-14-19)17-9-7-16(8-10-17)15-5-3-2-4-6-15;1-5(2,3)4;/h2-14H,1H3;1H3,(H,2,3,4);1H2. The van der Waals surface area contributed by atoms with E-state index in [-0.39, 0.29) is 13.5 Å². The molecule has 0 amide bonds. The second kappa shape index (κ2) is 10.0. The molecule has 0 aliphatic rings. The van der Waals surface area contributed by atoms with E-state index in [4.69, 9.17) is 9.29 Å². The number of hydrogen-bond donors (Lipinski definition) is 1. The third-order valence-corrected chi connectivity index (χ3v) is 3.42. The average Bonchev–Trinajstić information content (AvgIpc) is 2.61. The molecule has 0 spiro atoms. The number of hydrogen-bond acceptors (Lipinski definition) is 3. The molecule has 0 saturated carbocycles. The van der Waals surface area contributed by atoms with Gasteiger partial charge < -0.3 is 4.74 Å². The largest absolute Gasteiger partial charge is 0.497 e. The van der Waals surface area contributed by atoms with Crippen LogP contribution in [0.5, 0.6) is 5.75 Å². The highest BCUT2D eigenvalue weighted by molar-refractivity contribution is 7.85. The van der Waals surface area contributed by atoms with Crippen molar-refractivity contribution in [1.29, 1.82) is 0 Å². The predicted molar refractivity (Wildman–Crippen MR) is 112 cm³/mol. The van der Waals surface area contributed by atoms with Crippen molar-refractivity contribution >= 4 is 23.6 Å². The van der Waals surface area contributed by atoms with Crippen molar-refractivity contribution in [2.45, 2.75) is 0 Å². The van der Waals surface area contributed by atoms with Gasteiger partial charge in [0.2, 0.25) is 0 Å². The maximum absolute atomic E-state index is 9.19. The Kier molecular flexibility index (Phi) is 8.38. The van der Waals surface area contributed by atoms with Crippen molar-refractivity contribution in [2.24, 2.45) is 0 Å². The minimum Gasteiger partial charge on any atom is -0.497 e. The van der Waals surface area contributed by atoms with Gasteiger partial charge in [-0.1, -0.05) is 66.7 Å². The number of benzene rings is 3. The fraction of sp³-hybridized carbons (Fsp3) is 0.100. The molecule has 6 heteroatoms. The second-order valence-electron chi connectivity index (χ2n) is 5.40. The minimum atomic E-state index is -3.67. The summed E-state index contributed by atoms with van der Waals surface area (Å²) in [6.45, 7) is 0. The Balaban J connectivity index is 0.000000501. The van der Waals surface area contributed by atoms with Gasteiger partial charge in [0.05, 0.1) is 13.4 Å². The van der Waals surface area contributed by atoms with Gasteiger partial charge in [0.15, 0.2) is 0 Å². The fourth-order valence-corrected chi connectivity index (χ4v) is 2.27. The molecule has 0 aliphatic heterocycles. The van der Waals surface area contributed by atoms with E-state index >= 15 is 0 Å². The van der Waals surface area contributed by atoms with Crippen LogP contribution in [0.3, 0.4) is 0 Å². The summed E-state index contributed by atoms with van der Waals surface area (Å²) in [6, 6.07) is 27.2. The summed E-state index contributed by atoms with van der Waals surface area (Å²) in [5.74, 6) is 0.884. The fourth-order valence-electron chi connectivity index (χ4n) is 2.27. The van der Waals surface area contributed by atoms with Crippen molar-refractivity contribution in [3.05, 3.63) is 78.9 Å². The summed E-state index contributed by atoms with van der Waals surface area (Å²) in [6.07, 6.45) is 0.715. The first kappa shape index (κ1) is 21.8. The Labute approximate surface area is 161 Å². The third-order valence-electron chi connectivity index (χ3n) is 3.42. The van der Waals surface area contributed by atoms with E-state index in [1.807, 2.05) is 18.2 Å². The summed E-state index contributed by atoms with van der Waals surface area (Å²) < 4.78 is 31.1. The number of rotatable bonds is 3. The molecule has 3 aromatic rings. The maximum Gasteiger partial charge on any atom is 0.261 e. The zero-order valence-electron chi connectivity index (χ0n) is 14.6. The van der Waals surface area contributed by atoms with E-state index in [2.05, 4.69) is 60.7 Å². The Morgan fingerprint density at radius 1 is 0.692 bits per heavy atom. The minimum absolute atomic E-state index is 0. The highest BCUT2D eigenvalue weighted by Gasteiger charge is 2.00. The Morgan fingerprint density at radius 2 is 1.00 bits per heavy atom. The van der Waals surface area contributed by atoms with Crippen molar-refractivity contribution in [1.82, 2.24) is 0 Å². The van der Waals surface area contributed by atoms with Crippen LogP contribution in [0.4, 0.5) is 0 Å². The molecule has 1 N–H and O–H groups in total. The first-order valence-electron chi connectivity index (χ1n) is 7.59. The Morgan fingerprint density at radius 3 is 1.35 bits per heavy atom. The molecule has 0 atom stereocenters. The van der Waals surface area contributed by atoms with E-state index in [0.29, 0.717) is 6.26 Å². The smallest absolute Gasteiger partial charge is 0.261 e. The summed E-state index contributed by atoms with van der Waals surface area (Å²) in [7, 11) is -1.98. The normalized spacial score (nSPS) is 10.1. The molecular formula is C20H22O4S2. The first-order chi connectivity index (χ1) is 11.9. The van der Waals surface area contributed by atoms with Crippen LogP contribution in [0.25, 0.3) is 22.3 Å². The molecule has 0 radical (unpaired) electrons.